The van der Waals surface area contributed by atoms with Crippen molar-refractivity contribution in [3.63, 3.8) is 0 Å². The number of thiophene rings is 1. The number of rotatable bonds is 4. The standard InChI is InChI=1S/C46H32N4S/c1-3-15-29(16-4-1)42-41-36-22-10-14-26-40(36)51-46(41)48-45(47-42)35-21-9-13-25-39(35)50-38-24-12-8-20-32(38)34-28-27-33-31-19-7-11-23-37(31)49(43(33)44(34)50)30-17-5-2-6-18-30/h1-26,34,44H,27-28H2. The predicted octanol–water partition coefficient (Wildman–Crippen LogP) is 12.0. The summed E-state index contributed by atoms with van der Waals surface area (Å²) in [5.74, 6) is 1.10. The van der Waals surface area contributed by atoms with Crippen LogP contribution in [0.2, 0.25) is 0 Å². The molecule has 0 radical (unpaired) electrons. The number of nitrogens with zero attached hydrogens (tertiary/aromatic N) is 4. The van der Waals surface area contributed by atoms with Gasteiger partial charge in [-0.2, -0.15) is 0 Å². The van der Waals surface area contributed by atoms with Crippen molar-refractivity contribution in [1.82, 2.24) is 14.5 Å². The Bertz CT molecular complexity index is 2780. The van der Waals surface area contributed by atoms with Crippen LogP contribution in [0.15, 0.2) is 158 Å². The molecule has 51 heavy (non-hydrogen) atoms. The van der Waals surface area contributed by atoms with Gasteiger partial charge < -0.3 is 9.47 Å². The van der Waals surface area contributed by atoms with Gasteiger partial charge in [0.2, 0.25) is 0 Å². The van der Waals surface area contributed by atoms with Crippen molar-refractivity contribution < 1.29 is 0 Å². The van der Waals surface area contributed by atoms with Crippen LogP contribution in [0.3, 0.4) is 0 Å². The van der Waals surface area contributed by atoms with Crippen LogP contribution in [0.1, 0.15) is 35.2 Å². The van der Waals surface area contributed by atoms with Crippen molar-refractivity contribution >= 4 is 53.9 Å². The third kappa shape index (κ3) is 4.25. The Balaban J connectivity index is 1.18. The van der Waals surface area contributed by atoms with Crippen LogP contribution in [0.4, 0.5) is 11.4 Å². The van der Waals surface area contributed by atoms with Gasteiger partial charge in [0, 0.05) is 49.3 Å². The van der Waals surface area contributed by atoms with Gasteiger partial charge in [-0.15, -0.1) is 11.3 Å². The molecule has 4 nitrogen and oxygen atoms in total. The first-order chi connectivity index (χ1) is 25.3. The van der Waals surface area contributed by atoms with Crippen molar-refractivity contribution in [2.45, 2.75) is 24.8 Å². The molecule has 6 aromatic carbocycles. The van der Waals surface area contributed by atoms with Gasteiger partial charge in [-0.1, -0.05) is 115 Å². The van der Waals surface area contributed by atoms with Gasteiger partial charge >= 0.3 is 0 Å². The molecule has 1 aliphatic carbocycles. The quantitative estimate of drug-likeness (QED) is 0.187. The highest BCUT2D eigenvalue weighted by molar-refractivity contribution is 7.25. The van der Waals surface area contributed by atoms with E-state index in [0.29, 0.717) is 5.92 Å². The van der Waals surface area contributed by atoms with Gasteiger partial charge in [-0.05, 0) is 66.4 Å². The van der Waals surface area contributed by atoms with E-state index in [1.54, 1.807) is 11.3 Å². The van der Waals surface area contributed by atoms with Crippen LogP contribution in [0, 0.1) is 0 Å². The molecule has 5 heteroatoms. The second-order valence-corrected chi connectivity index (χ2v) is 14.7. The molecule has 0 N–H and O–H groups in total. The lowest BCUT2D eigenvalue weighted by atomic mass is 9.80. The minimum absolute atomic E-state index is 0.0987. The average molecular weight is 673 g/mol. The highest BCUT2D eigenvalue weighted by Crippen LogP contribution is 2.59. The summed E-state index contributed by atoms with van der Waals surface area (Å²) in [4.78, 5) is 14.5. The summed E-state index contributed by atoms with van der Waals surface area (Å²) < 4.78 is 3.76. The van der Waals surface area contributed by atoms with Crippen LogP contribution in [-0.4, -0.2) is 14.5 Å². The Labute approximate surface area is 299 Å². The maximum Gasteiger partial charge on any atom is 0.163 e. The van der Waals surface area contributed by atoms with E-state index in [9.17, 15) is 0 Å². The van der Waals surface area contributed by atoms with E-state index in [4.69, 9.17) is 9.97 Å². The molecule has 0 spiro atoms. The van der Waals surface area contributed by atoms with Crippen molar-refractivity contribution in [3.8, 4) is 28.3 Å². The molecule has 0 saturated heterocycles. The molecule has 11 rings (SSSR count). The van der Waals surface area contributed by atoms with Crippen LogP contribution < -0.4 is 4.90 Å². The van der Waals surface area contributed by atoms with E-state index in [1.165, 1.54) is 49.2 Å². The third-order valence-corrected chi connectivity index (χ3v) is 12.0. The van der Waals surface area contributed by atoms with Gasteiger partial charge in [-0.3, -0.25) is 0 Å². The van der Waals surface area contributed by atoms with E-state index in [1.807, 2.05) is 0 Å². The molecule has 0 amide bonds. The summed E-state index contributed by atoms with van der Waals surface area (Å²) >= 11 is 1.75. The number of hydrogen-bond donors (Lipinski definition) is 0. The van der Waals surface area contributed by atoms with Crippen molar-refractivity contribution in [2.24, 2.45) is 0 Å². The largest absolute Gasteiger partial charge is 0.331 e. The highest BCUT2D eigenvalue weighted by Gasteiger charge is 2.46. The number of aryl methyl sites for hydroxylation is 1. The van der Waals surface area contributed by atoms with E-state index >= 15 is 0 Å². The van der Waals surface area contributed by atoms with Crippen LogP contribution >= 0.6 is 11.3 Å². The van der Waals surface area contributed by atoms with Gasteiger partial charge in [-0.25, -0.2) is 9.97 Å². The Morgan fingerprint density at radius 1 is 0.608 bits per heavy atom. The molecule has 1 aliphatic heterocycles. The fraction of sp³-hybridized carbons (Fsp3) is 0.0870. The molecular weight excluding hydrogens is 641 g/mol. The topological polar surface area (TPSA) is 34.0 Å². The molecule has 2 atom stereocenters. The van der Waals surface area contributed by atoms with E-state index in [2.05, 4.69) is 167 Å². The van der Waals surface area contributed by atoms with E-state index in [0.717, 1.165) is 51.4 Å². The van der Waals surface area contributed by atoms with Gasteiger partial charge in [0.25, 0.3) is 0 Å². The van der Waals surface area contributed by atoms with Crippen molar-refractivity contribution in [1.29, 1.82) is 0 Å². The summed E-state index contributed by atoms with van der Waals surface area (Å²) in [5.41, 5.74) is 12.2. The number of anilines is 2. The molecule has 9 aromatic rings. The lowest BCUT2D eigenvalue weighted by molar-refractivity contribution is 0.495. The Kier molecular flexibility index (Phi) is 6.34. The SMILES string of the molecule is c1ccc(-c2nc(-c3ccccc3N3c4ccccc4C4CCc5c(n(-c6ccccc6)c6ccccc56)C43)nc3sc4ccccc4c23)cc1. The zero-order chi connectivity index (χ0) is 33.5. The molecule has 0 fully saturated rings. The first-order valence-electron chi connectivity index (χ1n) is 17.7. The fourth-order valence-electron chi connectivity index (χ4n) is 8.90. The fourth-order valence-corrected chi connectivity index (χ4v) is 9.98. The van der Waals surface area contributed by atoms with E-state index in [-0.39, 0.29) is 6.04 Å². The van der Waals surface area contributed by atoms with Gasteiger partial charge in [0.15, 0.2) is 5.82 Å². The summed E-state index contributed by atoms with van der Waals surface area (Å²) in [6.45, 7) is 0. The molecule has 242 valence electrons. The summed E-state index contributed by atoms with van der Waals surface area (Å²) in [6.07, 6.45) is 2.14. The minimum atomic E-state index is 0.0987. The zero-order valence-corrected chi connectivity index (χ0v) is 28.6. The second-order valence-electron chi connectivity index (χ2n) is 13.6. The Morgan fingerprint density at radius 2 is 1.29 bits per heavy atom. The van der Waals surface area contributed by atoms with Gasteiger partial charge in [0.05, 0.1) is 28.6 Å². The lowest BCUT2D eigenvalue weighted by Gasteiger charge is -2.36. The third-order valence-electron chi connectivity index (χ3n) is 11.0. The number of benzene rings is 6. The average Bonchev–Trinajstić information content (AvgIpc) is 3.86. The molecule has 0 bridgehead atoms. The molecule has 3 aromatic heterocycles. The maximum atomic E-state index is 5.46. The van der Waals surface area contributed by atoms with Crippen molar-refractivity contribution in [2.75, 3.05) is 4.90 Å². The highest BCUT2D eigenvalue weighted by atomic mass is 32.1. The molecule has 2 unspecified atom stereocenters. The summed E-state index contributed by atoms with van der Waals surface area (Å²) in [5, 5.41) is 3.68. The zero-order valence-electron chi connectivity index (χ0n) is 27.8. The first-order valence-corrected chi connectivity index (χ1v) is 18.5. The number of fused-ring (bicyclic) bond motifs is 10. The lowest BCUT2D eigenvalue weighted by Crippen LogP contribution is -2.29. The number of hydrogen-bond acceptors (Lipinski definition) is 4. The minimum Gasteiger partial charge on any atom is -0.331 e. The van der Waals surface area contributed by atoms with Crippen LogP contribution in [0.5, 0.6) is 0 Å². The second kappa shape index (κ2) is 11.2. The summed E-state index contributed by atoms with van der Waals surface area (Å²) in [6, 6.07) is 57.0. The van der Waals surface area contributed by atoms with Crippen molar-refractivity contribution in [3.05, 3.63) is 175 Å². The first kappa shape index (κ1) is 28.8. The van der Waals surface area contributed by atoms with Crippen LogP contribution in [0.25, 0.3) is 59.5 Å². The monoisotopic (exact) mass is 672 g/mol. The van der Waals surface area contributed by atoms with Crippen LogP contribution in [-0.2, 0) is 6.42 Å². The molecule has 0 saturated carbocycles. The number of aromatic nitrogens is 3. The summed E-state index contributed by atoms with van der Waals surface area (Å²) in [7, 11) is 0. The normalized spacial score (nSPS) is 16.4. The molecule has 2 aliphatic rings. The number of para-hydroxylation sites is 4. The maximum absolute atomic E-state index is 5.46. The Morgan fingerprint density at radius 3 is 2.16 bits per heavy atom. The molecule has 4 heterocycles. The predicted molar refractivity (Wildman–Crippen MR) is 211 cm³/mol. The van der Waals surface area contributed by atoms with Gasteiger partial charge in [0.1, 0.15) is 4.83 Å². The Hall–Kier alpha value is -6.04. The smallest absolute Gasteiger partial charge is 0.163 e. The molecular formula is C46H32N4S. The van der Waals surface area contributed by atoms with E-state index < -0.39 is 0 Å².